The summed E-state index contributed by atoms with van der Waals surface area (Å²) in [6.07, 6.45) is -3.63. The Morgan fingerprint density at radius 1 is 1.29 bits per heavy atom. The summed E-state index contributed by atoms with van der Waals surface area (Å²) in [4.78, 5) is 2.22. The number of nitrogens with one attached hydrogen (secondary N) is 1. The molecular formula is C14H19Cl2F3N2. The first-order valence-corrected chi connectivity index (χ1v) is 7.12. The van der Waals surface area contributed by atoms with E-state index in [0.717, 1.165) is 32.6 Å². The molecule has 2 nitrogen and oxygen atoms in total. The monoisotopic (exact) mass is 342 g/mol. The maximum absolute atomic E-state index is 12.9. The van der Waals surface area contributed by atoms with E-state index in [2.05, 4.69) is 10.2 Å². The van der Waals surface area contributed by atoms with Crippen LogP contribution in [0.1, 0.15) is 30.5 Å². The van der Waals surface area contributed by atoms with E-state index < -0.39 is 11.7 Å². The van der Waals surface area contributed by atoms with E-state index in [1.54, 1.807) is 6.07 Å². The maximum Gasteiger partial charge on any atom is 0.417 e. The summed E-state index contributed by atoms with van der Waals surface area (Å²) in [7, 11) is 0. The molecule has 1 aromatic carbocycles. The van der Waals surface area contributed by atoms with Crippen molar-refractivity contribution >= 4 is 24.0 Å². The minimum Gasteiger partial charge on any atom is -0.314 e. The number of hydrogen-bond donors (Lipinski definition) is 1. The summed E-state index contributed by atoms with van der Waals surface area (Å²) < 4.78 is 38.8. The van der Waals surface area contributed by atoms with Gasteiger partial charge in [0.25, 0.3) is 0 Å². The predicted molar refractivity (Wildman–Crippen MR) is 81.2 cm³/mol. The number of alkyl halides is 3. The largest absolute Gasteiger partial charge is 0.417 e. The molecule has 1 aliphatic rings. The summed E-state index contributed by atoms with van der Waals surface area (Å²) in [5, 5.41) is 3.01. The van der Waals surface area contributed by atoms with Gasteiger partial charge in [-0.25, -0.2) is 0 Å². The van der Waals surface area contributed by atoms with Crippen LogP contribution in [0.5, 0.6) is 0 Å². The van der Waals surface area contributed by atoms with Crippen LogP contribution in [0.4, 0.5) is 13.2 Å². The Morgan fingerprint density at radius 3 is 2.43 bits per heavy atom. The average molecular weight is 343 g/mol. The van der Waals surface area contributed by atoms with Gasteiger partial charge in [-0.05, 0) is 24.1 Å². The summed E-state index contributed by atoms with van der Waals surface area (Å²) in [5.41, 5.74) is -0.0589. The van der Waals surface area contributed by atoms with Gasteiger partial charge in [-0.1, -0.05) is 24.6 Å². The minimum atomic E-state index is -4.41. The molecule has 1 atom stereocenters. The van der Waals surface area contributed by atoms with E-state index in [-0.39, 0.29) is 23.5 Å². The van der Waals surface area contributed by atoms with E-state index in [1.807, 2.05) is 6.92 Å². The maximum atomic E-state index is 12.9. The molecule has 2 rings (SSSR count). The van der Waals surface area contributed by atoms with Gasteiger partial charge in [0.1, 0.15) is 0 Å². The van der Waals surface area contributed by atoms with Crippen LogP contribution in [0.15, 0.2) is 18.2 Å². The number of piperazine rings is 1. The third kappa shape index (κ3) is 4.49. The van der Waals surface area contributed by atoms with Crippen molar-refractivity contribution in [1.82, 2.24) is 10.2 Å². The van der Waals surface area contributed by atoms with Gasteiger partial charge in [-0.15, -0.1) is 12.4 Å². The van der Waals surface area contributed by atoms with Crippen molar-refractivity contribution in [1.29, 1.82) is 0 Å². The second kappa shape index (κ2) is 7.68. The zero-order chi connectivity index (χ0) is 14.8. The highest BCUT2D eigenvalue weighted by Gasteiger charge is 2.34. The van der Waals surface area contributed by atoms with E-state index in [4.69, 9.17) is 11.6 Å². The highest BCUT2D eigenvalue weighted by atomic mass is 35.5. The first kappa shape index (κ1) is 18.6. The van der Waals surface area contributed by atoms with Crippen molar-refractivity contribution in [2.24, 2.45) is 0 Å². The lowest BCUT2D eigenvalue weighted by molar-refractivity contribution is -0.137. The lowest BCUT2D eigenvalue weighted by Gasteiger charge is -2.35. The topological polar surface area (TPSA) is 15.3 Å². The van der Waals surface area contributed by atoms with Crippen molar-refractivity contribution in [3.63, 3.8) is 0 Å². The second-order valence-electron chi connectivity index (χ2n) is 4.95. The molecule has 0 spiro atoms. The average Bonchev–Trinajstić information content (AvgIpc) is 2.41. The van der Waals surface area contributed by atoms with Crippen molar-refractivity contribution in [3.05, 3.63) is 34.3 Å². The van der Waals surface area contributed by atoms with Crippen LogP contribution in [0.2, 0.25) is 5.02 Å². The molecule has 0 bridgehead atoms. The Labute approximate surface area is 134 Å². The number of nitrogens with zero attached hydrogens (tertiary/aromatic N) is 1. The minimum absolute atomic E-state index is 0. The molecule has 1 aromatic rings. The van der Waals surface area contributed by atoms with E-state index in [0.29, 0.717) is 5.56 Å². The highest BCUT2D eigenvalue weighted by molar-refractivity contribution is 6.31. The van der Waals surface area contributed by atoms with Crippen molar-refractivity contribution in [2.75, 3.05) is 26.2 Å². The Morgan fingerprint density at radius 2 is 1.90 bits per heavy atom. The smallest absolute Gasteiger partial charge is 0.314 e. The SMILES string of the molecule is CC[C@H](c1ccc(Cl)c(C(F)(F)F)c1)N1CCNCC1.Cl. The van der Waals surface area contributed by atoms with Crippen molar-refractivity contribution in [3.8, 4) is 0 Å². The lowest BCUT2D eigenvalue weighted by atomic mass is 9.99. The normalized spacial score (nSPS) is 18.1. The van der Waals surface area contributed by atoms with Gasteiger partial charge in [-0.3, -0.25) is 4.90 Å². The van der Waals surface area contributed by atoms with Crippen LogP contribution in [-0.4, -0.2) is 31.1 Å². The van der Waals surface area contributed by atoms with E-state index >= 15 is 0 Å². The van der Waals surface area contributed by atoms with E-state index in [9.17, 15) is 13.2 Å². The van der Waals surface area contributed by atoms with Gasteiger partial charge in [0.2, 0.25) is 0 Å². The predicted octanol–water partition coefficient (Wildman–Crippen LogP) is 4.14. The molecule has 1 fully saturated rings. The van der Waals surface area contributed by atoms with Crippen molar-refractivity contribution < 1.29 is 13.2 Å². The molecule has 7 heteroatoms. The van der Waals surface area contributed by atoms with Gasteiger partial charge < -0.3 is 5.32 Å². The Bertz CT molecular complexity index is 460. The summed E-state index contributed by atoms with van der Waals surface area (Å²) in [5.74, 6) is 0. The molecule has 0 radical (unpaired) electrons. The van der Waals surface area contributed by atoms with Crippen LogP contribution in [0, 0.1) is 0 Å². The molecule has 0 unspecified atom stereocenters. The molecule has 0 saturated carbocycles. The molecule has 0 aromatic heterocycles. The van der Waals surface area contributed by atoms with Crippen molar-refractivity contribution in [2.45, 2.75) is 25.6 Å². The molecule has 1 saturated heterocycles. The quantitative estimate of drug-likeness (QED) is 0.888. The number of rotatable bonds is 3. The fourth-order valence-corrected chi connectivity index (χ4v) is 2.89. The molecule has 1 aliphatic heterocycles. The van der Waals surface area contributed by atoms with Gasteiger partial charge in [0.05, 0.1) is 10.6 Å². The van der Waals surface area contributed by atoms with Gasteiger partial charge in [-0.2, -0.15) is 13.2 Å². The van der Waals surface area contributed by atoms with Crippen LogP contribution in [-0.2, 0) is 6.18 Å². The van der Waals surface area contributed by atoms with Gasteiger partial charge in [0.15, 0.2) is 0 Å². The molecule has 1 N–H and O–H groups in total. The Kier molecular flexibility index (Phi) is 6.78. The summed E-state index contributed by atoms with van der Waals surface area (Å²) >= 11 is 5.67. The second-order valence-corrected chi connectivity index (χ2v) is 5.35. The van der Waals surface area contributed by atoms with Gasteiger partial charge in [0, 0.05) is 32.2 Å². The Balaban J connectivity index is 0.00000220. The molecule has 21 heavy (non-hydrogen) atoms. The van der Waals surface area contributed by atoms with Gasteiger partial charge >= 0.3 is 6.18 Å². The van der Waals surface area contributed by atoms with Crippen LogP contribution in [0.3, 0.4) is 0 Å². The highest BCUT2D eigenvalue weighted by Crippen LogP contribution is 2.37. The zero-order valence-electron chi connectivity index (χ0n) is 11.7. The van der Waals surface area contributed by atoms with Crippen LogP contribution in [0.25, 0.3) is 0 Å². The Hall–Kier alpha value is -0.490. The molecule has 1 heterocycles. The third-order valence-electron chi connectivity index (χ3n) is 3.66. The van der Waals surface area contributed by atoms with Crippen LogP contribution >= 0.6 is 24.0 Å². The molecule has 0 amide bonds. The van der Waals surface area contributed by atoms with E-state index in [1.165, 1.54) is 12.1 Å². The lowest BCUT2D eigenvalue weighted by Crippen LogP contribution is -2.45. The first-order valence-electron chi connectivity index (χ1n) is 6.75. The zero-order valence-corrected chi connectivity index (χ0v) is 13.3. The summed E-state index contributed by atoms with van der Waals surface area (Å²) in [6.45, 7) is 5.44. The molecule has 0 aliphatic carbocycles. The number of halogens is 5. The van der Waals surface area contributed by atoms with Crippen LogP contribution < -0.4 is 5.32 Å². The fourth-order valence-electron chi connectivity index (χ4n) is 2.67. The first-order chi connectivity index (χ1) is 9.43. The fraction of sp³-hybridized carbons (Fsp3) is 0.571. The number of benzene rings is 1. The third-order valence-corrected chi connectivity index (χ3v) is 3.99. The number of hydrogen-bond acceptors (Lipinski definition) is 2. The molecule has 120 valence electrons. The molecular weight excluding hydrogens is 324 g/mol. The standard InChI is InChI=1S/C14H18ClF3N2.ClH/c1-2-13(20-7-5-19-6-8-20)10-3-4-12(15)11(9-10)14(16,17)18;/h3-4,9,13,19H,2,5-8H2,1H3;1H/t13-;/m1./s1. The summed E-state index contributed by atoms with van der Waals surface area (Å²) in [6, 6.07) is 4.26.